The summed E-state index contributed by atoms with van der Waals surface area (Å²) in [5, 5.41) is 7.58. The molecule has 0 aromatic heterocycles. The van der Waals surface area contributed by atoms with Crippen molar-refractivity contribution in [2.45, 2.75) is 19.1 Å². The molecule has 0 atom stereocenters. The van der Waals surface area contributed by atoms with Crippen LogP contribution in [0.5, 0.6) is 0 Å². The molecule has 10 heteroatoms. The highest BCUT2D eigenvalue weighted by Gasteiger charge is 2.34. The molecule has 1 aliphatic heterocycles. The van der Waals surface area contributed by atoms with Crippen molar-refractivity contribution in [1.82, 2.24) is 10.6 Å². The maximum Gasteiger partial charge on any atom is 0.417 e. The van der Waals surface area contributed by atoms with Gasteiger partial charge in [0.25, 0.3) is 5.91 Å². The Bertz CT molecular complexity index is 919. The summed E-state index contributed by atoms with van der Waals surface area (Å²) in [6.45, 7) is 0.564. The van der Waals surface area contributed by atoms with Crippen molar-refractivity contribution < 1.29 is 27.2 Å². The number of carbonyl (C=O) groups excluding carboxylic acids is 2. The lowest BCUT2D eigenvalue weighted by atomic mass is 9.99. The van der Waals surface area contributed by atoms with Crippen molar-refractivity contribution in [3.8, 4) is 0 Å². The third-order valence-electron chi connectivity index (χ3n) is 4.37. The molecule has 3 rings (SSSR count). The van der Waals surface area contributed by atoms with Gasteiger partial charge in [-0.1, -0.05) is 18.2 Å². The van der Waals surface area contributed by atoms with E-state index in [0.717, 1.165) is 17.7 Å². The first-order valence-electron chi connectivity index (χ1n) is 8.52. The highest BCUT2D eigenvalue weighted by molar-refractivity contribution is 6.00. The molecule has 29 heavy (non-hydrogen) atoms. The quantitative estimate of drug-likeness (QED) is 0.651. The second-order valence-electron chi connectivity index (χ2n) is 6.27. The number of alkyl halides is 3. The zero-order chi connectivity index (χ0) is 20.3. The topological polar surface area (TPSA) is 70.2 Å². The lowest BCUT2D eigenvalue weighted by Crippen LogP contribution is -2.34. The van der Waals surface area contributed by atoms with Gasteiger partial charge < -0.3 is 16.0 Å². The molecule has 0 spiro atoms. The normalized spacial score (nSPS) is 13.1. The number of rotatable bonds is 4. The van der Waals surface area contributed by atoms with Gasteiger partial charge in [-0.3, -0.25) is 9.59 Å². The van der Waals surface area contributed by atoms with Gasteiger partial charge in [0, 0.05) is 6.54 Å². The Balaban J connectivity index is 0.00000300. The Morgan fingerprint density at radius 3 is 2.55 bits per heavy atom. The van der Waals surface area contributed by atoms with Gasteiger partial charge in [0.2, 0.25) is 5.91 Å². The highest BCUT2D eigenvalue weighted by atomic mass is 35.5. The minimum atomic E-state index is -4.70. The molecule has 1 aliphatic rings. The largest absolute Gasteiger partial charge is 0.417 e. The first-order chi connectivity index (χ1) is 13.3. The van der Waals surface area contributed by atoms with Crippen LogP contribution < -0.4 is 16.0 Å². The van der Waals surface area contributed by atoms with Crippen LogP contribution in [0.3, 0.4) is 0 Å². The van der Waals surface area contributed by atoms with Crippen LogP contribution in [0.4, 0.5) is 23.2 Å². The molecular weight excluding hydrogens is 414 g/mol. The van der Waals surface area contributed by atoms with Crippen molar-refractivity contribution in [2.75, 3.05) is 18.4 Å². The molecule has 1 heterocycles. The number of hydrogen-bond acceptors (Lipinski definition) is 3. The van der Waals surface area contributed by atoms with Gasteiger partial charge in [0.05, 0.1) is 23.4 Å². The van der Waals surface area contributed by atoms with E-state index in [0.29, 0.717) is 25.1 Å². The van der Waals surface area contributed by atoms with Gasteiger partial charge in [-0.25, -0.2) is 4.39 Å². The van der Waals surface area contributed by atoms with Crippen molar-refractivity contribution in [1.29, 1.82) is 0 Å². The molecule has 0 fully saturated rings. The second-order valence-corrected chi connectivity index (χ2v) is 6.27. The molecule has 0 saturated heterocycles. The molecule has 0 aliphatic carbocycles. The van der Waals surface area contributed by atoms with Crippen LogP contribution in [0.2, 0.25) is 0 Å². The van der Waals surface area contributed by atoms with Crippen LogP contribution in [0.25, 0.3) is 0 Å². The van der Waals surface area contributed by atoms with E-state index in [4.69, 9.17) is 0 Å². The minimum absolute atomic E-state index is 0. The molecule has 0 bridgehead atoms. The monoisotopic (exact) mass is 431 g/mol. The van der Waals surface area contributed by atoms with E-state index in [-0.39, 0.29) is 18.1 Å². The van der Waals surface area contributed by atoms with Crippen molar-refractivity contribution in [3.63, 3.8) is 0 Å². The maximum absolute atomic E-state index is 14.5. The summed E-state index contributed by atoms with van der Waals surface area (Å²) < 4.78 is 53.4. The zero-order valence-electron chi connectivity index (χ0n) is 15.0. The predicted molar refractivity (Wildman–Crippen MR) is 101 cm³/mol. The molecular formula is C19H18ClF4N3O2. The average Bonchev–Trinajstić information content (AvgIpc) is 2.68. The van der Waals surface area contributed by atoms with E-state index >= 15 is 0 Å². The standard InChI is InChI=1S/C19H17F4N3O2.ClH/c20-17-12-7-8-24-9-11(12)5-6-15(17)26-16(27)10-25-18(28)13-3-1-2-4-14(13)19(21,22)23;/h1-6,24H,7-10H2,(H,25,28)(H,26,27);1H. The van der Waals surface area contributed by atoms with Gasteiger partial charge in [0.15, 0.2) is 0 Å². The highest BCUT2D eigenvalue weighted by Crippen LogP contribution is 2.31. The number of benzene rings is 2. The van der Waals surface area contributed by atoms with Crippen molar-refractivity contribution >= 4 is 29.9 Å². The molecule has 0 radical (unpaired) electrons. The molecule has 3 N–H and O–H groups in total. The SMILES string of the molecule is Cl.O=C(CNC(=O)c1ccccc1C(F)(F)F)Nc1ccc2c(c1F)CCNC2. The van der Waals surface area contributed by atoms with Crippen LogP contribution in [0.15, 0.2) is 36.4 Å². The number of nitrogens with one attached hydrogen (secondary N) is 3. The van der Waals surface area contributed by atoms with Gasteiger partial charge in [0.1, 0.15) is 5.82 Å². The van der Waals surface area contributed by atoms with E-state index < -0.39 is 41.5 Å². The van der Waals surface area contributed by atoms with Crippen molar-refractivity contribution in [3.05, 3.63) is 64.5 Å². The first kappa shape index (κ1) is 22.6. The van der Waals surface area contributed by atoms with Gasteiger partial charge >= 0.3 is 6.18 Å². The number of fused-ring (bicyclic) bond motifs is 1. The summed E-state index contributed by atoms with van der Waals surface area (Å²) >= 11 is 0. The van der Waals surface area contributed by atoms with Gasteiger partial charge in [-0.15, -0.1) is 12.4 Å². The van der Waals surface area contributed by atoms with Gasteiger partial charge in [-0.05, 0) is 42.3 Å². The predicted octanol–water partition coefficient (Wildman–Crippen LogP) is 3.28. The molecule has 2 amide bonds. The lowest BCUT2D eigenvalue weighted by Gasteiger charge is -2.19. The van der Waals surface area contributed by atoms with E-state index in [2.05, 4.69) is 16.0 Å². The summed E-state index contributed by atoms with van der Waals surface area (Å²) in [5.74, 6) is -2.33. The fraction of sp³-hybridized carbons (Fsp3) is 0.263. The Hall–Kier alpha value is -2.65. The Labute approximate surface area is 170 Å². The molecule has 2 aromatic rings. The van der Waals surface area contributed by atoms with Crippen LogP contribution in [-0.2, 0) is 23.9 Å². The third-order valence-corrected chi connectivity index (χ3v) is 4.37. The smallest absolute Gasteiger partial charge is 0.343 e. The number of carbonyl (C=O) groups is 2. The number of halogens is 5. The first-order valence-corrected chi connectivity index (χ1v) is 8.52. The summed E-state index contributed by atoms with van der Waals surface area (Å²) in [6.07, 6.45) is -4.22. The molecule has 5 nitrogen and oxygen atoms in total. The Kier molecular flexibility index (Phi) is 7.21. The van der Waals surface area contributed by atoms with Gasteiger partial charge in [-0.2, -0.15) is 13.2 Å². The lowest BCUT2D eigenvalue weighted by molar-refractivity contribution is -0.137. The maximum atomic E-state index is 14.5. The summed E-state index contributed by atoms with van der Waals surface area (Å²) in [6, 6.07) is 7.38. The number of hydrogen-bond donors (Lipinski definition) is 3. The van der Waals surface area contributed by atoms with E-state index in [1.54, 1.807) is 6.07 Å². The fourth-order valence-corrected chi connectivity index (χ4v) is 3.01. The summed E-state index contributed by atoms with van der Waals surface area (Å²) in [5.41, 5.74) is -0.397. The third kappa shape index (κ3) is 5.24. The number of amides is 2. The number of anilines is 1. The molecule has 2 aromatic carbocycles. The van der Waals surface area contributed by atoms with Crippen LogP contribution >= 0.6 is 12.4 Å². The Morgan fingerprint density at radius 2 is 1.83 bits per heavy atom. The van der Waals surface area contributed by atoms with E-state index in [1.807, 2.05) is 0 Å². The van der Waals surface area contributed by atoms with Crippen LogP contribution in [0, 0.1) is 5.82 Å². The molecule has 156 valence electrons. The van der Waals surface area contributed by atoms with Crippen LogP contribution in [0.1, 0.15) is 27.0 Å². The molecule has 0 saturated carbocycles. The zero-order valence-corrected chi connectivity index (χ0v) is 15.8. The van der Waals surface area contributed by atoms with Crippen LogP contribution in [-0.4, -0.2) is 24.9 Å². The second kappa shape index (κ2) is 9.23. The average molecular weight is 432 g/mol. The summed E-state index contributed by atoms with van der Waals surface area (Å²) in [7, 11) is 0. The van der Waals surface area contributed by atoms with E-state index in [1.165, 1.54) is 18.2 Å². The fourth-order valence-electron chi connectivity index (χ4n) is 3.01. The summed E-state index contributed by atoms with van der Waals surface area (Å²) in [4.78, 5) is 24.1. The van der Waals surface area contributed by atoms with E-state index in [9.17, 15) is 27.2 Å². The van der Waals surface area contributed by atoms with Crippen molar-refractivity contribution in [2.24, 2.45) is 0 Å². The minimum Gasteiger partial charge on any atom is -0.343 e. The Morgan fingerprint density at radius 1 is 1.10 bits per heavy atom. The molecule has 0 unspecified atom stereocenters.